The van der Waals surface area contributed by atoms with Crippen LogP contribution in [0, 0.1) is 5.92 Å². The summed E-state index contributed by atoms with van der Waals surface area (Å²) in [6.45, 7) is 0.944. The average molecular weight is 377 g/mol. The van der Waals surface area contributed by atoms with E-state index >= 15 is 0 Å². The molecule has 0 bridgehead atoms. The molecule has 1 aliphatic carbocycles. The molecule has 5 nitrogen and oxygen atoms in total. The molecule has 0 radical (unpaired) electrons. The molecule has 0 unspecified atom stereocenters. The quantitative estimate of drug-likeness (QED) is 0.627. The summed E-state index contributed by atoms with van der Waals surface area (Å²) in [4.78, 5) is 11.2. The molecule has 0 aliphatic heterocycles. The Morgan fingerprint density at radius 2 is 2.00 bits per heavy atom. The van der Waals surface area contributed by atoms with Gasteiger partial charge in [0.25, 0.3) is 0 Å². The monoisotopic (exact) mass is 376 g/mol. The zero-order valence-corrected chi connectivity index (χ0v) is 16.7. The lowest BCUT2D eigenvalue weighted by Gasteiger charge is -2.23. The maximum absolute atomic E-state index is 10.6. The van der Waals surface area contributed by atoms with E-state index in [0.717, 1.165) is 29.1 Å². The van der Waals surface area contributed by atoms with E-state index < -0.39 is 0 Å². The van der Waals surface area contributed by atoms with Gasteiger partial charge in [-0.05, 0) is 49.1 Å². The third-order valence-corrected chi connectivity index (χ3v) is 5.64. The number of rotatable bonds is 5. The number of anilines is 1. The maximum atomic E-state index is 10.6. The highest BCUT2D eigenvalue weighted by Gasteiger charge is 2.18. The van der Waals surface area contributed by atoms with Gasteiger partial charge in [-0.2, -0.15) is 0 Å². The molecule has 3 aromatic rings. The molecular formula is C23H28N4O. The van der Waals surface area contributed by atoms with Crippen molar-refractivity contribution in [2.24, 2.45) is 5.92 Å². The summed E-state index contributed by atoms with van der Waals surface area (Å²) >= 11 is 0. The van der Waals surface area contributed by atoms with E-state index in [2.05, 4.69) is 32.7 Å². The van der Waals surface area contributed by atoms with E-state index in [4.69, 9.17) is 4.98 Å². The smallest absolute Gasteiger partial charge is 0.144 e. The Morgan fingerprint density at radius 3 is 2.71 bits per heavy atom. The fourth-order valence-electron chi connectivity index (χ4n) is 4.06. The highest BCUT2D eigenvalue weighted by Crippen LogP contribution is 2.29. The molecule has 0 saturated heterocycles. The van der Waals surface area contributed by atoms with Crippen LogP contribution in [0.3, 0.4) is 0 Å². The number of pyridine rings is 1. The van der Waals surface area contributed by atoms with Gasteiger partial charge in [-0.1, -0.05) is 25.3 Å². The van der Waals surface area contributed by atoms with Crippen molar-refractivity contribution in [2.75, 3.05) is 19.0 Å². The van der Waals surface area contributed by atoms with Crippen LogP contribution in [-0.4, -0.2) is 33.7 Å². The predicted molar refractivity (Wildman–Crippen MR) is 115 cm³/mol. The number of fused-ring (bicyclic) bond motifs is 1. The second kappa shape index (κ2) is 8.05. The summed E-state index contributed by atoms with van der Waals surface area (Å²) in [5, 5.41) is 10.6. The number of aliphatic hydroxyl groups is 1. The molecule has 4 rings (SSSR count). The largest absolute Gasteiger partial charge is 0.506 e. The van der Waals surface area contributed by atoms with Crippen LogP contribution in [0.2, 0.25) is 0 Å². The van der Waals surface area contributed by atoms with E-state index in [1.165, 1.54) is 32.1 Å². The van der Waals surface area contributed by atoms with Crippen molar-refractivity contribution in [3.8, 4) is 0 Å². The van der Waals surface area contributed by atoms with E-state index in [1.54, 1.807) is 12.3 Å². The molecular weight excluding hydrogens is 348 g/mol. The first-order chi connectivity index (χ1) is 13.6. The van der Waals surface area contributed by atoms with Crippen LogP contribution in [0.15, 0.2) is 42.6 Å². The molecule has 1 saturated carbocycles. The first-order valence-electron chi connectivity index (χ1n) is 10.1. The lowest BCUT2D eigenvalue weighted by atomic mass is 9.89. The van der Waals surface area contributed by atoms with Gasteiger partial charge in [-0.25, -0.2) is 4.98 Å². The molecule has 1 aromatic carbocycles. The van der Waals surface area contributed by atoms with E-state index in [9.17, 15) is 5.11 Å². The normalized spacial score (nSPS) is 15.9. The number of imidazole rings is 1. The van der Waals surface area contributed by atoms with Gasteiger partial charge in [0.05, 0.1) is 11.0 Å². The van der Waals surface area contributed by atoms with Crippen molar-refractivity contribution in [3.05, 3.63) is 54.1 Å². The van der Waals surface area contributed by atoms with E-state index in [-0.39, 0.29) is 5.76 Å². The molecule has 5 heteroatoms. The van der Waals surface area contributed by atoms with Gasteiger partial charge in [0.15, 0.2) is 0 Å². The van der Waals surface area contributed by atoms with Gasteiger partial charge < -0.3 is 14.6 Å². The lowest BCUT2D eigenvalue weighted by Crippen LogP contribution is -2.15. The van der Waals surface area contributed by atoms with Gasteiger partial charge >= 0.3 is 0 Å². The Labute approximate surface area is 166 Å². The SMILES string of the molecule is CN(C)c1ccc2c(c1)nc(C=C(O)c1ccccn1)n2CC1CCCCC1. The Morgan fingerprint density at radius 1 is 1.18 bits per heavy atom. The molecule has 0 spiro atoms. The van der Waals surface area contributed by atoms with Crippen LogP contribution in [0.4, 0.5) is 5.69 Å². The standard InChI is InChI=1S/C23H28N4O/c1-26(2)18-11-12-21-20(14-18)25-23(15-22(28)19-10-6-7-13-24-19)27(21)16-17-8-4-3-5-9-17/h6-7,10-15,17,28H,3-5,8-9,16H2,1-2H3. The Kier molecular flexibility index (Phi) is 5.33. The highest BCUT2D eigenvalue weighted by atomic mass is 16.3. The predicted octanol–water partition coefficient (Wildman–Crippen LogP) is 5.13. The van der Waals surface area contributed by atoms with Crippen LogP contribution < -0.4 is 4.90 Å². The van der Waals surface area contributed by atoms with Crippen LogP contribution in [-0.2, 0) is 6.54 Å². The van der Waals surface area contributed by atoms with Crippen molar-refractivity contribution in [1.82, 2.24) is 14.5 Å². The number of benzene rings is 1. The van der Waals surface area contributed by atoms with Crippen LogP contribution >= 0.6 is 0 Å². The number of hydrogen-bond donors (Lipinski definition) is 1. The van der Waals surface area contributed by atoms with Crippen LogP contribution in [0.5, 0.6) is 0 Å². The highest BCUT2D eigenvalue weighted by molar-refractivity contribution is 5.84. The first-order valence-corrected chi connectivity index (χ1v) is 10.1. The lowest BCUT2D eigenvalue weighted by molar-refractivity contribution is 0.321. The van der Waals surface area contributed by atoms with E-state index in [1.807, 2.05) is 32.3 Å². The maximum Gasteiger partial charge on any atom is 0.144 e. The van der Waals surface area contributed by atoms with Crippen molar-refractivity contribution in [1.29, 1.82) is 0 Å². The van der Waals surface area contributed by atoms with Gasteiger partial charge in [-0.3, -0.25) is 4.98 Å². The van der Waals surface area contributed by atoms with Gasteiger partial charge in [0, 0.05) is 38.6 Å². The molecule has 1 aliphatic rings. The summed E-state index contributed by atoms with van der Waals surface area (Å²) in [6, 6.07) is 11.9. The van der Waals surface area contributed by atoms with E-state index in [0.29, 0.717) is 11.6 Å². The van der Waals surface area contributed by atoms with Crippen molar-refractivity contribution in [3.63, 3.8) is 0 Å². The summed E-state index contributed by atoms with van der Waals surface area (Å²) in [5.74, 6) is 1.61. The minimum Gasteiger partial charge on any atom is -0.506 e. The Hall–Kier alpha value is -2.82. The summed E-state index contributed by atoms with van der Waals surface area (Å²) in [6.07, 6.45) is 9.95. The fourth-order valence-corrected chi connectivity index (χ4v) is 4.06. The number of aromatic nitrogens is 3. The average Bonchev–Trinajstić information content (AvgIpc) is 3.05. The summed E-state index contributed by atoms with van der Waals surface area (Å²) in [5.41, 5.74) is 3.77. The Bertz CT molecular complexity index is 969. The molecule has 0 amide bonds. The second-order valence-electron chi connectivity index (χ2n) is 7.90. The van der Waals surface area contributed by atoms with Crippen molar-refractivity contribution < 1.29 is 5.11 Å². The molecule has 2 aromatic heterocycles. The van der Waals surface area contributed by atoms with Crippen molar-refractivity contribution in [2.45, 2.75) is 38.6 Å². The minimum atomic E-state index is 0.147. The zero-order valence-electron chi connectivity index (χ0n) is 16.7. The fraction of sp³-hybridized carbons (Fsp3) is 0.391. The second-order valence-corrected chi connectivity index (χ2v) is 7.90. The number of hydrogen-bond acceptors (Lipinski definition) is 4. The molecule has 0 atom stereocenters. The number of nitrogens with zero attached hydrogens (tertiary/aromatic N) is 4. The number of aliphatic hydroxyl groups excluding tert-OH is 1. The van der Waals surface area contributed by atoms with Gasteiger partial charge in [0.1, 0.15) is 17.3 Å². The Balaban J connectivity index is 1.77. The summed E-state index contributed by atoms with van der Waals surface area (Å²) < 4.78 is 2.27. The molecule has 146 valence electrons. The molecule has 1 N–H and O–H groups in total. The topological polar surface area (TPSA) is 54.2 Å². The van der Waals surface area contributed by atoms with Crippen LogP contribution in [0.1, 0.15) is 43.6 Å². The minimum absolute atomic E-state index is 0.147. The van der Waals surface area contributed by atoms with Gasteiger partial charge in [-0.15, -0.1) is 0 Å². The van der Waals surface area contributed by atoms with Crippen molar-refractivity contribution >= 4 is 28.6 Å². The van der Waals surface area contributed by atoms with Crippen LogP contribution in [0.25, 0.3) is 22.9 Å². The summed E-state index contributed by atoms with van der Waals surface area (Å²) in [7, 11) is 4.07. The molecule has 2 heterocycles. The molecule has 1 fully saturated rings. The third-order valence-electron chi connectivity index (χ3n) is 5.64. The third kappa shape index (κ3) is 3.88. The zero-order chi connectivity index (χ0) is 19.5. The molecule has 28 heavy (non-hydrogen) atoms. The first kappa shape index (κ1) is 18.5. The van der Waals surface area contributed by atoms with Gasteiger partial charge in [0.2, 0.25) is 0 Å².